The van der Waals surface area contributed by atoms with Crippen LogP contribution >= 0.6 is 23.1 Å². The fraction of sp³-hybridized carbons (Fsp3) is 0.471. The molecule has 5 nitrogen and oxygen atoms in total. The summed E-state index contributed by atoms with van der Waals surface area (Å²) in [6.07, 6.45) is 1.18. The van der Waals surface area contributed by atoms with Crippen molar-refractivity contribution in [1.29, 1.82) is 0 Å². The van der Waals surface area contributed by atoms with E-state index in [2.05, 4.69) is 29.4 Å². The Labute approximate surface area is 155 Å². The molecule has 2 heterocycles. The largest absolute Gasteiger partial charge is 0.341 e. The fourth-order valence-corrected chi connectivity index (χ4v) is 4.74. The lowest BCUT2D eigenvalue weighted by molar-refractivity contribution is -0.130. The van der Waals surface area contributed by atoms with Gasteiger partial charge in [-0.05, 0) is 30.4 Å². The van der Waals surface area contributed by atoms with E-state index in [1.165, 1.54) is 35.6 Å². The number of thioether (sulfide) groups is 1. The Bertz CT molecular complexity index is 729. The lowest BCUT2D eigenvalue weighted by atomic mass is 9.92. The third-order valence-electron chi connectivity index (χ3n) is 4.06. The molecule has 0 spiro atoms. The van der Waals surface area contributed by atoms with Gasteiger partial charge in [0.2, 0.25) is 11.0 Å². The van der Waals surface area contributed by atoms with Crippen molar-refractivity contribution in [3.8, 4) is 0 Å². The number of carbonyl (C=O) groups is 1. The van der Waals surface area contributed by atoms with Gasteiger partial charge in [-0.3, -0.25) is 4.79 Å². The monoisotopic (exact) mass is 380 g/mol. The maximum absolute atomic E-state index is 13.6. The van der Waals surface area contributed by atoms with Crippen molar-refractivity contribution >= 4 is 39.8 Å². The molecule has 1 N–H and O–H groups in total. The van der Waals surface area contributed by atoms with Crippen LogP contribution in [0.5, 0.6) is 0 Å². The van der Waals surface area contributed by atoms with Crippen molar-refractivity contribution in [3.63, 3.8) is 0 Å². The van der Waals surface area contributed by atoms with Crippen LogP contribution in [0, 0.1) is 17.7 Å². The van der Waals surface area contributed by atoms with Crippen molar-refractivity contribution < 1.29 is 9.18 Å². The van der Waals surface area contributed by atoms with E-state index in [4.69, 9.17) is 0 Å². The summed E-state index contributed by atoms with van der Waals surface area (Å²) in [5, 5.41) is 11.5. The first kappa shape index (κ1) is 18.1. The zero-order chi connectivity index (χ0) is 17.8. The number of amides is 1. The Morgan fingerprint density at radius 1 is 1.32 bits per heavy atom. The number of carbonyl (C=O) groups excluding carboxylic acids is 1. The van der Waals surface area contributed by atoms with Crippen molar-refractivity contribution in [1.82, 2.24) is 15.1 Å². The summed E-state index contributed by atoms with van der Waals surface area (Å²) in [6, 6.07) is 6.42. The summed E-state index contributed by atoms with van der Waals surface area (Å²) in [7, 11) is 0. The van der Waals surface area contributed by atoms with Crippen LogP contribution < -0.4 is 5.32 Å². The summed E-state index contributed by atoms with van der Waals surface area (Å²) >= 11 is 2.70. The molecule has 2 aromatic rings. The molecule has 25 heavy (non-hydrogen) atoms. The molecule has 0 unspecified atom stereocenters. The highest BCUT2D eigenvalue weighted by atomic mass is 32.2. The van der Waals surface area contributed by atoms with E-state index in [1.807, 2.05) is 4.90 Å². The number of aromatic nitrogens is 2. The van der Waals surface area contributed by atoms with Gasteiger partial charge in [0.1, 0.15) is 5.82 Å². The van der Waals surface area contributed by atoms with Crippen molar-refractivity contribution in [2.75, 3.05) is 24.2 Å². The number of benzene rings is 1. The van der Waals surface area contributed by atoms with Crippen LogP contribution in [0.3, 0.4) is 0 Å². The number of piperidine rings is 1. The molecule has 1 aromatic carbocycles. The Morgan fingerprint density at radius 2 is 2.04 bits per heavy atom. The van der Waals surface area contributed by atoms with Gasteiger partial charge in [0.05, 0.1) is 11.4 Å². The summed E-state index contributed by atoms with van der Waals surface area (Å²) in [4.78, 5) is 14.4. The number of hydrogen-bond acceptors (Lipinski definition) is 6. The molecule has 1 aliphatic heterocycles. The third-order valence-corrected chi connectivity index (χ3v) is 6.02. The van der Waals surface area contributed by atoms with Gasteiger partial charge in [0, 0.05) is 13.1 Å². The van der Waals surface area contributed by atoms with E-state index in [1.54, 1.807) is 18.2 Å². The standard InChI is InChI=1S/C17H21FN4OS2/c1-11-7-12(2)9-22(8-11)15(23)10-24-17-21-20-16(25-17)19-14-6-4-3-5-13(14)18/h3-6,11-12H,7-10H2,1-2H3,(H,19,20)/t11-,12+. The van der Waals surface area contributed by atoms with Crippen molar-refractivity contribution in [2.24, 2.45) is 11.8 Å². The Kier molecular flexibility index (Phi) is 5.90. The molecule has 1 amide bonds. The van der Waals surface area contributed by atoms with Gasteiger partial charge in [-0.1, -0.05) is 49.1 Å². The molecule has 1 saturated heterocycles. The average Bonchev–Trinajstić information content (AvgIpc) is 3.01. The fourth-order valence-electron chi connectivity index (χ4n) is 3.08. The smallest absolute Gasteiger partial charge is 0.233 e. The van der Waals surface area contributed by atoms with E-state index in [-0.39, 0.29) is 11.7 Å². The molecule has 8 heteroatoms. The molecule has 3 rings (SSSR count). The zero-order valence-corrected chi connectivity index (χ0v) is 15.9. The molecule has 0 aliphatic carbocycles. The van der Waals surface area contributed by atoms with Gasteiger partial charge in [0.25, 0.3) is 0 Å². The molecule has 1 fully saturated rings. The van der Waals surface area contributed by atoms with Crippen molar-refractivity contribution in [2.45, 2.75) is 24.6 Å². The van der Waals surface area contributed by atoms with Crippen LogP contribution in [0.2, 0.25) is 0 Å². The number of halogens is 1. The quantitative estimate of drug-likeness (QED) is 0.794. The second-order valence-corrected chi connectivity index (χ2v) is 8.71. The molecular weight excluding hydrogens is 359 g/mol. The summed E-state index contributed by atoms with van der Waals surface area (Å²) in [6.45, 7) is 6.04. The normalized spacial score (nSPS) is 20.5. The first-order chi connectivity index (χ1) is 12.0. The Balaban J connectivity index is 1.53. The molecule has 0 radical (unpaired) electrons. The number of nitrogens with zero attached hydrogens (tertiary/aromatic N) is 3. The molecular formula is C17H21FN4OS2. The highest BCUT2D eigenvalue weighted by Crippen LogP contribution is 2.29. The van der Waals surface area contributed by atoms with Crippen LogP contribution in [-0.4, -0.2) is 39.8 Å². The average molecular weight is 381 g/mol. The minimum absolute atomic E-state index is 0.141. The first-order valence-electron chi connectivity index (χ1n) is 8.27. The SMILES string of the molecule is C[C@@H]1C[C@H](C)CN(C(=O)CSc2nnc(Nc3ccccc3F)s2)C1. The van der Waals surface area contributed by atoms with Crippen LogP contribution in [0.1, 0.15) is 20.3 Å². The van der Waals surface area contributed by atoms with E-state index in [0.717, 1.165) is 13.1 Å². The summed E-state index contributed by atoms with van der Waals surface area (Å²) < 4.78 is 14.3. The Morgan fingerprint density at radius 3 is 2.76 bits per heavy atom. The maximum Gasteiger partial charge on any atom is 0.233 e. The molecule has 1 aromatic heterocycles. The van der Waals surface area contributed by atoms with Gasteiger partial charge in [-0.15, -0.1) is 10.2 Å². The van der Waals surface area contributed by atoms with Gasteiger partial charge in [-0.2, -0.15) is 0 Å². The number of para-hydroxylation sites is 1. The molecule has 1 aliphatic rings. The molecule has 0 bridgehead atoms. The lowest BCUT2D eigenvalue weighted by Crippen LogP contribution is -2.43. The predicted molar refractivity (Wildman–Crippen MR) is 99.8 cm³/mol. The summed E-state index contributed by atoms with van der Waals surface area (Å²) in [5.41, 5.74) is 0.363. The minimum atomic E-state index is -0.338. The van der Waals surface area contributed by atoms with Gasteiger partial charge >= 0.3 is 0 Å². The van der Waals surface area contributed by atoms with E-state index in [0.29, 0.717) is 32.7 Å². The van der Waals surface area contributed by atoms with Gasteiger partial charge in [-0.25, -0.2) is 4.39 Å². The Hall–Kier alpha value is -1.67. The van der Waals surface area contributed by atoms with Crippen LogP contribution in [0.15, 0.2) is 28.6 Å². The van der Waals surface area contributed by atoms with Crippen LogP contribution in [0.25, 0.3) is 0 Å². The molecule has 2 atom stereocenters. The van der Waals surface area contributed by atoms with Gasteiger partial charge < -0.3 is 10.2 Å². The number of rotatable bonds is 5. The van der Waals surface area contributed by atoms with E-state index in [9.17, 15) is 9.18 Å². The van der Waals surface area contributed by atoms with Crippen molar-refractivity contribution in [3.05, 3.63) is 30.1 Å². The van der Waals surface area contributed by atoms with Crippen LogP contribution in [0.4, 0.5) is 15.2 Å². The number of likely N-dealkylation sites (tertiary alicyclic amines) is 1. The first-order valence-corrected chi connectivity index (χ1v) is 10.1. The minimum Gasteiger partial charge on any atom is -0.341 e. The maximum atomic E-state index is 13.6. The second-order valence-electron chi connectivity index (χ2n) is 6.51. The highest BCUT2D eigenvalue weighted by Gasteiger charge is 2.25. The van der Waals surface area contributed by atoms with E-state index < -0.39 is 0 Å². The summed E-state index contributed by atoms with van der Waals surface area (Å²) in [5.74, 6) is 1.26. The zero-order valence-electron chi connectivity index (χ0n) is 14.2. The highest BCUT2D eigenvalue weighted by molar-refractivity contribution is 8.01. The number of nitrogens with one attached hydrogen (secondary N) is 1. The topological polar surface area (TPSA) is 58.1 Å². The van der Waals surface area contributed by atoms with Crippen LogP contribution in [-0.2, 0) is 4.79 Å². The predicted octanol–water partition coefficient (Wildman–Crippen LogP) is 4.02. The molecule has 134 valence electrons. The molecule has 0 saturated carbocycles. The number of hydrogen-bond donors (Lipinski definition) is 1. The van der Waals surface area contributed by atoms with E-state index >= 15 is 0 Å². The second kappa shape index (κ2) is 8.14. The third kappa shape index (κ3) is 4.92. The van der Waals surface area contributed by atoms with Gasteiger partial charge in [0.15, 0.2) is 4.34 Å². The lowest BCUT2D eigenvalue weighted by Gasteiger charge is -2.34. The number of anilines is 2.